The van der Waals surface area contributed by atoms with E-state index < -0.39 is 0 Å². The number of nitrogens with zero attached hydrogens (tertiary/aromatic N) is 1. The van der Waals surface area contributed by atoms with Gasteiger partial charge in [0.25, 0.3) is 5.91 Å². The summed E-state index contributed by atoms with van der Waals surface area (Å²) < 4.78 is 17.1. The zero-order valence-corrected chi connectivity index (χ0v) is 17.8. The first-order valence-electron chi connectivity index (χ1n) is 9.15. The van der Waals surface area contributed by atoms with Crippen molar-refractivity contribution in [3.05, 3.63) is 40.8 Å². The highest BCUT2D eigenvalue weighted by atomic mass is 32.2. The van der Waals surface area contributed by atoms with Gasteiger partial charge in [-0.2, -0.15) is 0 Å². The maximum atomic E-state index is 12.8. The minimum absolute atomic E-state index is 0.104. The molecule has 7 heteroatoms. The number of thiocarbonyl (C=S) groups is 1. The van der Waals surface area contributed by atoms with Gasteiger partial charge in [-0.25, -0.2) is 0 Å². The smallest absolute Gasteiger partial charge is 0.266 e. The maximum absolute atomic E-state index is 12.8. The molecule has 0 atom stereocenters. The number of thioether (sulfide) groups is 1. The number of carbonyl (C=O) groups is 1. The van der Waals surface area contributed by atoms with Crippen LogP contribution in [0.5, 0.6) is 11.5 Å². The minimum Gasteiger partial charge on any atom is -0.494 e. The number of rotatable bonds is 8. The fourth-order valence-corrected chi connectivity index (χ4v) is 4.29. The van der Waals surface area contributed by atoms with Gasteiger partial charge in [-0.3, -0.25) is 9.69 Å². The molecule has 1 aliphatic rings. The van der Waals surface area contributed by atoms with Crippen molar-refractivity contribution in [2.24, 2.45) is 0 Å². The molecule has 1 heterocycles. The summed E-state index contributed by atoms with van der Waals surface area (Å²) >= 11 is 6.68. The van der Waals surface area contributed by atoms with Crippen LogP contribution in [-0.4, -0.2) is 48.6 Å². The van der Waals surface area contributed by atoms with Gasteiger partial charge in [-0.05, 0) is 48.9 Å². The third-order valence-corrected chi connectivity index (χ3v) is 5.65. The predicted octanol–water partition coefficient (Wildman–Crippen LogP) is 4.48. The molecule has 1 amide bonds. The van der Waals surface area contributed by atoms with E-state index in [-0.39, 0.29) is 5.91 Å². The monoisotopic (exact) mass is 417 g/mol. The first-order chi connectivity index (χ1) is 13.6. The molecule has 0 radical (unpaired) electrons. The molecule has 0 bridgehead atoms. The quantitative estimate of drug-likeness (QED) is 0.466. The molecule has 1 aliphatic heterocycles. The fraction of sp³-hybridized carbons (Fsp3) is 0.333. The Morgan fingerprint density at radius 1 is 1.14 bits per heavy atom. The number of hydrogen-bond donors (Lipinski definition) is 0. The second-order valence-corrected chi connectivity index (χ2v) is 7.73. The van der Waals surface area contributed by atoms with E-state index in [0.717, 1.165) is 27.8 Å². The molecule has 5 nitrogen and oxygen atoms in total. The van der Waals surface area contributed by atoms with Crippen molar-refractivity contribution in [3.8, 4) is 11.5 Å². The molecule has 1 saturated heterocycles. The summed E-state index contributed by atoms with van der Waals surface area (Å²) in [6.45, 7) is 5.90. The van der Waals surface area contributed by atoms with Crippen molar-refractivity contribution >= 4 is 51.1 Å². The Morgan fingerprint density at radius 3 is 2.61 bits per heavy atom. The van der Waals surface area contributed by atoms with Crippen LogP contribution in [0, 0.1) is 0 Å². The van der Waals surface area contributed by atoms with Crippen LogP contribution in [0.4, 0.5) is 0 Å². The van der Waals surface area contributed by atoms with E-state index in [4.69, 9.17) is 26.4 Å². The fourth-order valence-electron chi connectivity index (χ4n) is 3.00. The first-order valence-corrected chi connectivity index (χ1v) is 10.4. The second kappa shape index (κ2) is 9.41. The average Bonchev–Trinajstić information content (AvgIpc) is 2.95. The van der Waals surface area contributed by atoms with Gasteiger partial charge in [0.2, 0.25) is 0 Å². The number of fused-ring (bicyclic) bond motifs is 1. The summed E-state index contributed by atoms with van der Waals surface area (Å²) in [4.78, 5) is 15.0. The number of hydrogen-bond acceptors (Lipinski definition) is 6. The number of benzene rings is 2. The number of carbonyl (C=O) groups excluding carboxylic acids is 1. The maximum Gasteiger partial charge on any atom is 0.266 e. The van der Waals surface area contributed by atoms with Crippen molar-refractivity contribution in [2.45, 2.75) is 13.8 Å². The van der Waals surface area contributed by atoms with Gasteiger partial charge < -0.3 is 14.2 Å². The van der Waals surface area contributed by atoms with E-state index in [9.17, 15) is 4.79 Å². The van der Waals surface area contributed by atoms with Crippen molar-refractivity contribution in [2.75, 3.05) is 33.5 Å². The van der Waals surface area contributed by atoms with Crippen LogP contribution in [0.2, 0.25) is 0 Å². The van der Waals surface area contributed by atoms with Gasteiger partial charge in [0.05, 0.1) is 31.3 Å². The van der Waals surface area contributed by atoms with E-state index >= 15 is 0 Å². The Balaban J connectivity index is 2.08. The molecule has 0 aromatic heterocycles. The van der Waals surface area contributed by atoms with Crippen LogP contribution >= 0.6 is 24.0 Å². The van der Waals surface area contributed by atoms with Crippen molar-refractivity contribution in [3.63, 3.8) is 0 Å². The van der Waals surface area contributed by atoms with Crippen molar-refractivity contribution < 1.29 is 19.0 Å². The Morgan fingerprint density at radius 2 is 1.89 bits per heavy atom. The average molecular weight is 418 g/mol. The van der Waals surface area contributed by atoms with Crippen LogP contribution in [-0.2, 0) is 9.53 Å². The lowest BCUT2D eigenvalue weighted by molar-refractivity contribution is -0.122. The van der Waals surface area contributed by atoms with E-state index in [0.29, 0.717) is 35.6 Å². The SMILES string of the molecule is CCOc1ccc2ccc(OCC)c(/C=C3/SC(=S)N(CCOC)C3=O)c2c1. The van der Waals surface area contributed by atoms with Gasteiger partial charge in [-0.15, -0.1) is 0 Å². The largest absolute Gasteiger partial charge is 0.494 e. The molecule has 2 aromatic rings. The third kappa shape index (κ3) is 4.32. The number of ether oxygens (including phenoxy) is 3. The molecule has 28 heavy (non-hydrogen) atoms. The lowest BCUT2D eigenvalue weighted by atomic mass is 10.0. The van der Waals surface area contributed by atoms with Crippen molar-refractivity contribution in [1.29, 1.82) is 0 Å². The van der Waals surface area contributed by atoms with Crippen LogP contribution in [0.25, 0.3) is 16.8 Å². The molecular weight excluding hydrogens is 394 g/mol. The van der Waals surface area contributed by atoms with E-state index in [1.807, 2.05) is 50.3 Å². The molecule has 2 aromatic carbocycles. The van der Waals surface area contributed by atoms with Crippen molar-refractivity contribution in [1.82, 2.24) is 4.90 Å². The summed E-state index contributed by atoms with van der Waals surface area (Å²) in [5.41, 5.74) is 0.855. The highest BCUT2D eigenvalue weighted by Crippen LogP contribution is 2.37. The molecule has 0 aliphatic carbocycles. The zero-order valence-electron chi connectivity index (χ0n) is 16.2. The lowest BCUT2D eigenvalue weighted by Gasteiger charge is -2.14. The molecule has 0 unspecified atom stereocenters. The molecule has 3 rings (SSSR count). The number of amides is 1. The van der Waals surface area contributed by atoms with Crippen LogP contribution in [0.15, 0.2) is 35.2 Å². The van der Waals surface area contributed by atoms with Gasteiger partial charge in [0.1, 0.15) is 15.8 Å². The molecule has 0 spiro atoms. The van der Waals surface area contributed by atoms with Gasteiger partial charge in [0.15, 0.2) is 0 Å². The summed E-state index contributed by atoms with van der Waals surface area (Å²) in [5, 5.41) is 2.02. The van der Waals surface area contributed by atoms with E-state index in [1.165, 1.54) is 11.8 Å². The minimum atomic E-state index is -0.104. The Bertz CT molecular complexity index is 921. The van der Waals surface area contributed by atoms with Crippen LogP contribution < -0.4 is 9.47 Å². The van der Waals surface area contributed by atoms with E-state index in [2.05, 4.69) is 0 Å². The topological polar surface area (TPSA) is 48.0 Å². The van der Waals surface area contributed by atoms with Gasteiger partial charge >= 0.3 is 0 Å². The third-order valence-electron chi connectivity index (χ3n) is 4.27. The normalized spacial score (nSPS) is 15.7. The summed E-state index contributed by atoms with van der Waals surface area (Å²) in [6.07, 6.45) is 1.87. The highest BCUT2D eigenvalue weighted by Gasteiger charge is 2.32. The van der Waals surface area contributed by atoms with Crippen LogP contribution in [0.1, 0.15) is 19.4 Å². The summed E-state index contributed by atoms with van der Waals surface area (Å²) in [6, 6.07) is 9.89. The van der Waals surface area contributed by atoms with Gasteiger partial charge in [-0.1, -0.05) is 36.1 Å². The lowest BCUT2D eigenvalue weighted by Crippen LogP contribution is -2.31. The Hall–Kier alpha value is -2.09. The zero-order chi connectivity index (χ0) is 20.1. The second-order valence-electron chi connectivity index (χ2n) is 6.05. The molecular formula is C21H23NO4S2. The molecule has 148 valence electrons. The highest BCUT2D eigenvalue weighted by molar-refractivity contribution is 8.26. The summed E-state index contributed by atoms with van der Waals surface area (Å²) in [7, 11) is 1.61. The van der Waals surface area contributed by atoms with E-state index in [1.54, 1.807) is 12.0 Å². The first kappa shape index (κ1) is 20.6. The van der Waals surface area contributed by atoms with Gasteiger partial charge in [0, 0.05) is 12.7 Å². The molecule has 0 saturated carbocycles. The predicted molar refractivity (Wildman–Crippen MR) is 118 cm³/mol. The standard InChI is InChI=1S/C21H23NO4S2/c1-4-25-15-8-6-14-7-9-18(26-5-2)17(16(14)12-15)13-19-20(23)22(10-11-24-3)21(27)28-19/h6-9,12-13H,4-5,10-11H2,1-3H3/b19-13+. The summed E-state index contributed by atoms with van der Waals surface area (Å²) in [5.74, 6) is 1.41. The Labute approximate surface area is 174 Å². The number of methoxy groups -OCH3 is 1. The Kier molecular flexibility index (Phi) is 6.93. The van der Waals surface area contributed by atoms with Crippen LogP contribution in [0.3, 0.4) is 0 Å². The molecule has 1 fully saturated rings. The molecule has 0 N–H and O–H groups in total.